The van der Waals surface area contributed by atoms with Gasteiger partial charge < -0.3 is 15.5 Å². The van der Waals surface area contributed by atoms with E-state index in [-0.39, 0.29) is 12.5 Å². The Morgan fingerprint density at radius 2 is 1.96 bits per heavy atom. The molecule has 1 heterocycles. The van der Waals surface area contributed by atoms with Crippen molar-refractivity contribution in [3.63, 3.8) is 0 Å². The maximum absolute atomic E-state index is 13.0. The highest BCUT2D eigenvalue weighted by Crippen LogP contribution is 2.32. The van der Waals surface area contributed by atoms with Crippen LogP contribution in [0.4, 0.5) is 4.79 Å². The Morgan fingerprint density at radius 3 is 2.67 bits per heavy atom. The number of hydrogen-bond donors (Lipinski definition) is 2. The normalized spacial score (nSPS) is 21.1. The van der Waals surface area contributed by atoms with Crippen LogP contribution in [0.2, 0.25) is 0 Å². The van der Waals surface area contributed by atoms with Crippen LogP contribution in [0.1, 0.15) is 30.0 Å². The van der Waals surface area contributed by atoms with E-state index in [0.717, 1.165) is 29.7 Å². The first-order chi connectivity index (χ1) is 12.8. The SMILES string of the molecule is CNC(=O)CN(C)C(=O)CN1C(=O)N[C@@](C)(c2ccc3c(c2)CCC3)C1=O. The number of carbonyl (C=O) groups excluding carboxylic acids is 4. The van der Waals surface area contributed by atoms with Crippen molar-refractivity contribution in [2.75, 3.05) is 27.2 Å². The highest BCUT2D eigenvalue weighted by molar-refractivity contribution is 6.09. The summed E-state index contributed by atoms with van der Waals surface area (Å²) in [5, 5.41) is 5.15. The first-order valence-corrected chi connectivity index (χ1v) is 8.97. The second-order valence-electron chi connectivity index (χ2n) is 7.21. The van der Waals surface area contributed by atoms with Gasteiger partial charge in [0.05, 0.1) is 6.54 Å². The zero-order valence-electron chi connectivity index (χ0n) is 15.8. The van der Waals surface area contributed by atoms with Crippen LogP contribution in [-0.2, 0) is 32.8 Å². The topological polar surface area (TPSA) is 98.8 Å². The van der Waals surface area contributed by atoms with Crippen LogP contribution >= 0.6 is 0 Å². The summed E-state index contributed by atoms with van der Waals surface area (Å²) in [5.41, 5.74) is 2.00. The van der Waals surface area contributed by atoms with E-state index in [4.69, 9.17) is 0 Å². The molecule has 0 saturated carbocycles. The fraction of sp³-hybridized carbons (Fsp3) is 0.474. The van der Waals surface area contributed by atoms with Crippen LogP contribution in [0.25, 0.3) is 0 Å². The molecule has 0 bridgehead atoms. The predicted octanol–water partition coefficient (Wildman–Crippen LogP) is 0.147. The minimum Gasteiger partial charge on any atom is -0.358 e. The standard InChI is InChI=1S/C19H24N4O4/c1-19(14-8-7-12-5-4-6-13(12)9-14)17(26)23(18(27)21-19)11-16(25)22(3)10-15(24)20-2/h7-9H,4-6,10-11H2,1-3H3,(H,20,24)(H,21,27)/t19-/m0/s1. The van der Waals surface area contributed by atoms with Crippen LogP contribution in [0.15, 0.2) is 18.2 Å². The molecule has 0 aromatic heterocycles. The van der Waals surface area contributed by atoms with Crippen molar-refractivity contribution in [2.45, 2.75) is 31.7 Å². The van der Waals surface area contributed by atoms with Gasteiger partial charge in [0.1, 0.15) is 12.1 Å². The molecule has 0 unspecified atom stereocenters. The number of nitrogens with zero attached hydrogens (tertiary/aromatic N) is 2. The molecule has 1 aromatic rings. The molecule has 0 radical (unpaired) electrons. The van der Waals surface area contributed by atoms with E-state index in [1.54, 1.807) is 6.92 Å². The van der Waals surface area contributed by atoms with Crippen LogP contribution in [0.3, 0.4) is 0 Å². The van der Waals surface area contributed by atoms with Gasteiger partial charge in [-0.3, -0.25) is 19.3 Å². The Labute approximate surface area is 157 Å². The summed E-state index contributed by atoms with van der Waals surface area (Å²) in [4.78, 5) is 51.2. The number of hydrogen-bond acceptors (Lipinski definition) is 4. The van der Waals surface area contributed by atoms with Crippen molar-refractivity contribution in [1.82, 2.24) is 20.4 Å². The molecule has 1 atom stereocenters. The van der Waals surface area contributed by atoms with Crippen molar-refractivity contribution in [2.24, 2.45) is 0 Å². The van der Waals surface area contributed by atoms with Gasteiger partial charge in [0.2, 0.25) is 11.8 Å². The van der Waals surface area contributed by atoms with Gasteiger partial charge in [0.25, 0.3) is 5.91 Å². The van der Waals surface area contributed by atoms with Gasteiger partial charge in [-0.2, -0.15) is 0 Å². The molecule has 144 valence electrons. The summed E-state index contributed by atoms with van der Waals surface area (Å²) in [6, 6.07) is 5.24. The zero-order valence-corrected chi connectivity index (χ0v) is 15.8. The summed E-state index contributed by atoms with van der Waals surface area (Å²) in [7, 11) is 2.93. The Hall–Kier alpha value is -2.90. The van der Waals surface area contributed by atoms with Crippen LogP contribution < -0.4 is 10.6 Å². The second kappa shape index (κ2) is 7.02. The van der Waals surface area contributed by atoms with Crippen molar-refractivity contribution in [1.29, 1.82) is 0 Å². The van der Waals surface area contributed by atoms with E-state index in [2.05, 4.69) is 10.6 Å². The molecular weight excluding hydrogens is 348 g/mol. The minimum absolute atomic E-state index is 0.138. The van der Waals surface area contributed by atoms with Crippen molar-refractivity contribution >= 4 is 23.8 Å². The Bertz CT molecular complexity index is 822. The fourth-order valence-electron chi connectivity index (χ4n) is 3.56. The third-order valence-electron chi connectivity index (χ3n) is 5.33. The number of amides is 5. The highest BCUT2D eigenvalue weighted by atomic mass is 16.2. The monoisotopic (exact) mass is 372 g/mol. The first-order valence-electron chi connectivity index (χ1n) is 8.97. The van der Waals surface area contributed by atoms with Crippen LogP contribution in [0, 0.1) is 0 Å². The Morgan fingerprint density at radius 1 is 1.26 bits per heavy atom. The average molecular weight is 372 g/mol. The van der Waals surface area contributed by atoms with Crippen molar-refractivity contribution < 1.29 is 19.2 Å². The van der Waals surface area contributed by atoms with E-state index in [1.807, 2.05) is 18.2 Å². The number of urea groups is 1. The molecule has 2 aliphatic rings. The third-order valence-corrected chi connectivity index (χ3v) is 5.33. The Kier molecular flexibility index (Phi) is 4.91. The lowest BCUT2D eigenvalue weighted by molar-refractivity contribution is -0.139. The smallest absolute Gasteiger partial charge is 0.325 e. The van der Waals surface area contributed by atoms with Crippen molar-refractivity contribution in [3.8, 4) is 0 Å². The molecule has 2 N–H and O–H groups in total. The molecule has 0 spiro atoms. The highest BCUT2D eigenvalue weighted by Gasteiger charge is 2.49. The van der Waals surface area contributed by atoms with Gasteiger partial charge in [-0.25, -0.2) is 4.79 Å². The molecule has 1 aliphatic carbocycles. The number of likely N-dealkylation sites (N-methyl/N-ethyl adjacent to an activating group) is 2. The summed E-state index contributed by atoms with van der Waals surface area (Å²) < 4.78 is 0. The second-order valence-corrected chi connectivity index (χ2v) is 7.21. The van der Waals surface area contributed by atoms with E-state index in [0.29, 0.717) is 0 Å². The molecule has 3 rings (SSSR count). The van der Waals surface area contributed by atoms with Gasteiger partial charge in [0, 0.05) is 14.1 Å². The Balaban J connectivity index is 1.76. The van der Waals surface area contributed by atoms with Crippen LogP contribution in [0.5, 0.6) is 0 Å². The maximum atomic E-state index is 13.0. The summed E-state index contributed by atoms with van der Waals surface area (Å²) in [5.74, 6) is -1.28. The molecule has 8 heteroatoms. The first kappa shape index (κ1) is 18.9. The quantitative estimate of drug-likeness (QED) is 0.719. The average Bonchev–Trinajstić information content (AvgIpc) is 3.19. The zero-order chi connectivity index (χ0) is 19.8. The van der Waals surface area contributed by atoms with E-state index >= 15 is 0 Å². The number of aryl methyl sites for hydroxylation is 2. The predicted molar refractivity (Wildman–Crippen MR) is 97.8 cm³/mol. The van der Waals surface area contributed by atoms with Crippen molar-refractivity contribution in [3.05, 3.63) is 34.9 Å². The number of imide groups is 1. The van der Waals surface area contributed by atoms with E-state index in [9.17, 15) is 19.2 Å². The van der Waals surface area contributed by atoms with E-state index < -0.39 is 29.9 Å². The minimum atomic E-state index is -1.20. The third kappa shape index (κ3) is 3.39. The number of rotatable bonds is 5. The molecule has 27 heavy (non-hydrogen) atoms. The van der Waals surface area contributed by atoms with Gasteiger partial charge >= 0.3 is 6.03 Å². The fourth-order valence-corrected chi connectivity index (χ4v) is 3.56. The molecular formula is C19H24N4O4. The van der Waals surface area contributed by atoms with Crippen LogP contribution in [-0.4, -0.2) is 60.7 Å². The molecule has 1 aromatic carbocycles. The summed E-state index contributed by atoms with van der Waals surface area (Å²) in [6.07, 6.45) is 3.09. The van der Waals surface area contributed by atoms with E-state index in [1.165, 1.54) is 30.1 Å². The molecule has 8 nitrogen and oxygen atoms in total. The lowest BCUT2D eigenvalue weighted by atomic mass is 9.89. The molecule has 5 amide bonds. The maximum Gasteiger partial charge on any atom is 0.325 e. The van der Waals surface area contributed by atoms with Gasteiger partial charge in [0.15, 0.2) is 0 Å². The number of fused-ring (bicyclic) bond motifs is 1. The number of benzene rings is 1. The molecule has 1 saturated heterocycles. The largest absolute Gasteiger partial charge is 0.358 e. The number of nitrogens with one attached hydrogen (secondary N) is 2. The lowest BCUT2D eigenvalue weighted by Crippen LogP contribution is -2.45. The lowest BCUT2D eigenvalue weighted by Gasteiger charge is -2.23. The summed E-state index contributed by atoms with van der Waals surface area (Å²) >= 11 is 0. The number of carbonyl (C=O) groups is 4. The summed E-state index contributed by atoms with van der Waals surface area (Å²) in [6.45, 7) is 1.11. The van der Waals surface area contributed by atoms with Gasteiger partial charge in [-0.15, -0.1) is 0 Å². The molecule has 1 aliphatic heterocycles. The van der Waals surface area contributed by atoms with Gasteiger partial charge in [-0.1, -0.05) is 18.2 Å². The molecule has 1 fully saturated rings. The van der Waals surface area contributed by atoms with Gasteiger partial charge in [-0.05, 0) is 42.9 Å².